The van der Waals surface area contributed by atoms with Crippen LogP contribution in [-0.4, -0.2) is 4.57 Å². The Morgan fingerprint density at radius 1 is 1.24 bits per heavy atom. The second kappa shape index (κ2) is 4.74. The van der Waals surface area contributed by atoms with Gasteiger partial charge < -0.3 is 4.57 Å². The van der Waals surface area contributed by atoms with Crippen molar-refractivity contribution in [3.05, 3.63) is 65.1 Å². The Bertz CT molecular complexity index is 874. The first kappa shape index (κ1) is 12.7. The number of aromatic nitrogens is 2. The quantitative estimate of drug-likeness (QED) is 0.599. The first-order valence-corrected chi connectivity index (χ1v) is 7.54. The lowest BCUT2D eigenvalue weighted by Gasteiger charge is -1.96. The molecule has 0 spiro atoms. The fourth-order valence-electron chi connectivity index (χ4n) is 3.18. The highest BCUT2D eigenvalue weighted by Crippen LogP contribution is 2.29. The molecule has 0 bridgehead atoms. The summed E-state index contributed by atoms with van der Waals surface area (Å²) < 4.78 is 4.47. The molecule has 0 unspecified atom stereocenters. The minimum atomic E-state index is 0.787. The summed E-state index contributed by atoms with van der Waals surface area (Å²) in [7, 11) is 2.08. The van der Waals surface area contributed by atoms with Crippen LogP contribution in [0.1, 0.15) is 17.7 Å². The monoisotopic (exact) mass is 295 g/mol. The molecular formula is C18H16ClN2+. The van der Waals surface area contributed by atoms with Crippen LogP contribution in [0.2, 0.25) is 5.02 Å². The van der Waals surface area contributed by atoms with Gasteiger partial charge in [0, 0.05) is 58.9 Å². The summed E-state index contributed by atoms with van der Waals surface area (Å²) in [5.41, 5.74) is 5.16. The molecule has 0 amide bonds. The fraction of sp³-hybridized carbons (Fsp3) is 0.167. The lowest BCUT2D eigenvalue weighted by Crippen LogP contribution is -2.31. The van der Waals surface area contributed by atoms with Gasteiger partial charge >= 0.3 is 0 Å². The number of allylic oxidation sites excluding steroid dienone is 1. The van der Waals surface area contributed by atoms with Gasteiger partial charge in [0.1, 0.15) is 0 Å². The van der Waals surface area contributed by atoms with Crippen molar-refractivity contribution in [3.63, 3.8) is 0 Å². The Kier molecular flexibility index (Phi) is 2.86. The maximum Gasteiger partial charge on any atom is 0.208 e. The van der Waals surface area contributed by atoms with Crippen molar-refractivity contribution in [1.29, 1.82) is 0 Å². The Labute approximate surface area is 128 Å². The van der Waals surface area contributed by atoms with Crippen LogP contribution in [0, 0.1) is 0 Å². The standard InChI is InChI=1S/C18H16ClN2/c1-20-12-14(16-11-15(19)5-6-18(16)20)10-13-7-9-21-8-3-2-4-17(13)21/h2-6,8,10-12H,7,9H2,1H3/q+1. The summed E-state index contributed by atoms with van der Waals surface area (Å²) in [6.45, 7) is 1.06. The first-order chi connectivity index (χ1) is 10.2. The smallest absolute Gasteiger partial charge is 0.208 e. The zero-order chi connectivity index (χ0) is 14.4. The SMILES string of the molecule is Cn1cc(/C=C2\CC[n+]3ccccc32)c2cc(Cl)ccc21. The van der Waals surface area contributed by atoms with Gasteiger partial charge in [0.2, 0.25) is 5.69 Å². The second-order valence-electron chi connectivity index (χ2n) is 5.56. The lowest BCUT2D eigenvalue weighted by molar-refractivity contribution is -0.689. The highest BCUT2D eigenvalue weighted by molar-refractivity contribution is 6.31. The minimum Gasteiger partial charge on any atom is -0.350 e. The van der Waals surface area contributed by atoms with Crippen molar-refractivity contribution >= 4 is 34.2 Å². The van der Waals surface area contributed by atoms with Gasteiger partial charge in [0.15, 0.2) is 12.7 Å². The van der Waals surface area contributed by atoms with Gasteiger partial charge in [-0.15, -0.1) is 0 Å². The van der Waals surface area contributed by atoms with Crippen LogP contribution in [0.4, 0.5) is 0 Å². The molecule has 2 aromatic heterocycles. The summed E-state index contributed by atoms with van der Waals surface area (Å²) in [5.74, 6) is 0. The number of hydrogen-bond donors (Lipinski definition) is 0. The van der Waals surface area contributed by atoms with E-state index in [2.05, 4.69) is 65.0 Å². The zero-order valence-electron chi connectivity index (χ0n) is 11.9. The maximum atomic E-state index is 6.16. The number of hydrogen-bond acceptors (Lipinski definition) is 0. The number of pyridine rings is 1. The largest absolute Gasteiger partial charge is 0.350 e. The molecule has 4 rings (SSSR count). The molecule has 0 fully saturated rings. The van der Waals surface area contributed by atoms with E-state index < -0.39 is 0 Å². The molecule has 1 aromatic carbocycles. The molecule has 0 atom stereocenters. The van der Waals surface area contributed by atoms with E-state index in [0.717, 1.165) is 18.0 Å². The van der Waals surface area contributed by atoms with Crippen molar-refractivity contribution in [2.45, 2.75) is 13.0 Å². The van der Waals surface area contributed by atoms with Crippen LogP contribution >= 0.6 is 11.6 Å². The van der Waals surface area contributed by atoms with Gasteiger partial charge in [-0.2, -0.15) is 4.57 Å². The predicted octanol–water partition coefficient (Wildman–Crippen LogP) is 4.06. The van der Waals surface area contributed by atoms with Crippen LogP contribution in [0.3, 0.4) is 0 Å². The van der Waals surface area contributed by atoms with E-state index in [-0.39, 0.29) is 0 Å². The average molecular weight is 296 g/mol. The van der Waals surface area contributed by atoms with Crippen molar-refractivity contribution in [1.82, 2.24) is 4.57 Å². The molecule has 0 saturated heterocycles. The third kappa shape index (κ3) is 2.07. The number of fused-ring (bicyclic) bond motifs is 2. The topological polar surface area (TPSA) is 8.81 Å². The molecule has 0 saturated carbocycles. The molecule has 1 aliphatic rings. The number of rotatable bonds is 1. The Morgan fingerprint density at radius 2 is 2.14 bits per heavy atom. The van der Waals surface area contributed by atoms with E-state index in [1.807, 2.05) is 6.07 Å². The minimum absolute atomic E-state index is 0.787. The van der Waals surface area contributed by atoms with Gasteiger partial charge in [-0.3, -0.25) is 0 Å². The fourth-order valence-corrected chi connectivity index (χ4v) is 3.35. The van der Waals surface area contributed by atoms with Gasteiger partial charge in [-0.05, 0) is 30.3 Å². The second-order valence-corrected chi connectivity index (χ2v) is 5.99. The van der Waals surface area contributed by atoms with Gasteiger partial charge in [0.05, 0.1) is 0 Å². The van der Waals surface area contributed by atoms with Crippen LogP contribution in [0.25, 0.3) is 22.6 Å². The molecule has 104 valence electrons. The third-order valence-corrected chi connectivity index (χ3v) is 4.44. The van der Waals surface area contributed by atoms with Gasteiger partial charge in [-0.1, -0.05) is 11.6 Å². The van der Waals surface area contributed by atoms with Crippen LogP contribution in [0.15, 0.2) is 48.8 Å². The number of halogens is 1. The normalized spacial score (nSPS) is 15.8. The summed E-state index contributed by atoms with van der Waals surface area (Å²) in [6, 6.07) is 12.5. The highest BCUT2D eigenvalue weighted by atomic mass is 35.5. The Hall–Kier alpha value is -2.06. The van der Waals surface area contributed by atoms with Crippen molar-refractivity contribution in [3.8, 4) is 0 Å². The Balaban J connectivity index is 1.89. The number of benzene rings is 1. The highest BCUT2D eigenvalue weighted by Gasteiger charge is 2.23. The average Bonchev–Trinajstić information content (AvgIpc) is 3.02. The van der Waals surface area contributed by atoms with Crippen LogP contribution < -0.4 is 4.57 Å². The van der Waals surface area contributed by atoms with E-state index in [1.165, 1.54) is 27.7 Å². The molecule has 2 nitrogen and oxygen atoms in total. The molecule has 21 heavy (non-hydrogen) atoms. The van der Waals surface area contributed by atoms with Gasteiger partial charge in [0.25, 0.3) is 0 Å². The number of aryl methyl sites for hydroxylation is 2. The molecule has 3 heteroatoms. The predicted molar refractivity (Wildman–Crippen MR) is 87.1 cm³/mol. The van der Waals surface area contributed by atoms with E-state index >= 15 is 0 Å². The van der Waals surface area contributed by atoms with Crippen molar-refractivity contribution < 1.29 is 4.57 Å². The zero-order valence-corrected chi connectivity index (χ0v) is 12.6. The molecule has 3 aromatic rings. The van der Waals surface area contributed by atoms with E-state index in [1.54, 1.807) is 0 Å². The summed E-state index contributed by atoms with van der Waals surface area (Å²) in [5, 5.41) is 2.00. The molecule has 0 N–H and O–H groups in total. The molecular weight excluding hydrogens is 280 g/mol. The van der Waals surface area contributed by atoms with E-state index in [4.69, 9.17) is 11.6 Å². The maximum absolute atomic E-state index is 6.16. The Morgan fingerprint density at radius 3 is 3.05 bits per heavy atom. The molecule has 0 radical (unpaired) electrons. The summed E-state index contributed by atoms with van der Waals surface area (Å²) >= 11 is 6.16. The summed E-state index contributed by atoms with van der Waals surface area (Å²) in [4.78, 5) is 0. The third-order valence-electron chi connectivity index (χ3n) is 4.20. The molecule has 0 aliphatic carbocycles. The molecule has 1 aliphatic heterocycles. The lowest BCUT2D eigenvalue weighted by atomic mass is 10.1. The molecule has 3 heterocycles. The van der Waals surface area contributed by atoms with E-state index in [0.29, 0.717) is 0 Å². The van der Waals surface area contributed by atoms with E-state index in [9.17, 15) is 0 Å². The summed E-state index contributed by atoms with van der Waals surface area (Å²) in [6.07, 6.45) is 7.72. The van der Waals surface area contributed by atoms with Gasteiger partial charge in [-0.25, -0.2) is 0 Å². The first-order valence-electron chi connectivity index (χ1n) is 7.16. The number of nitrogens with zero attached hydrogens (tertiary/aromatic N) is 2. The van der Waals surface area contributed by atoms with Crippen molar-refractivity contribution in [2.75, 3.05) is 0 Å². The van der Waals surface area contributed by atoms with Crippen LogP contribution in [-0.2, 0) is 13.6 Å². The van der Waals surface area contributed by atoms with Crippen LogP contribution in [0.5, 0.6) is 0 Å². The van der Waals surface area contributed by atoms with Crippen molar-refractivity contribution in [2.24, 2.45) is 7.05 Å².